The molecular weight excluding hydrogens is 427 g/mol. The molecule has 0 bridgehead atoms. The number of nitrogens with zero attached hydrogens (tertiary/aromatic N) is 1. The third kappa shape index (κ3) is 3.37. The van der Waals surface area contributed by atoms with Crippen LogP contribution in [0.3, 0.4) is 0 Å². The number of halogens is 3. The minimum absolute atomic E-state index is 0.0546. The Morgan fingerprint density at radius 2 is 2.03 bits per heavy atom. The summed E-state index contributed by atoms with van der Waals surface area (Å²) in [7, 11) is -1.43. The number of hydrogen-bond acceptors (Lipinski definition) is 2. The smallest absolute Gasteiger partial charge is 0.308 e. The van der Waals surface area contributed by atoms with Gasteiger partial charge in [0.1, 0.15) is 5.82 Å². The van der Waals surface area contributed by atoms with E-state index in [-0.39, 0.29) is 16.2 Å². The number of aliphatic carboxylic acids is 1. The van der Waals surface area contributed by atoms with Gasteiger partial charge in [0.2, 0.25) is 0 Å². The number of carboxylic acid groups (broad SMARTS) is 1. The Bertz CT molecular complexity index is 1250. The van der Waals surface area contributed by atoms with Crippen LogP contribution in [0.15, 0.2) is 41.3 Å². The van der Waals surface area contributed by atoms with Gasteiger partial charge in [-0.3, -0.25) is 9.00 Å². The van der Waals surface area contributed by atoms with Gasteiger partial charge in [0, 0.05) is 45.8 Å². The molecule has 8 heteroatoms. The van der Waals surface area contributed by atoms with Crippen LogP contribution >= 0.6 is 0 Å². The van der Waals surface area contributed by atoms with Gasteiger partial charge in [-0.15, -0.1) is 0 Å². The zero-order chi connectivity index (χ0) is 21.9. The summed E-state index contributed by atoms with van der Waals surface area (Å²) in [5, 5.41) is 10.1. The normalized spacial score (nSPS) is 22.2. The number of fused-ring (bicyclic) bond motifs is 4. The second-order valence-electron chi connectivity index (χ2n) is 8.28. The molecule has 0 spiro atoms. The summed E-state index contributed by atoms with van der Waals surface area (Å²) in [6.07, 6.45) is 0.870. The largest absolute Gasteiger partial charge is 0.481 e. The Balaban J connectivity index is 1.61. The summed E-state index contributed by atoms with van der Waals surface area (Å²) in [5.74, 6) is -4.86. The molecule has 2 aliphatic heterocycles. The predicted molar refractivity (Wildman–Crippen MR) is 110 cm³/mol. The second-order valence-corrected chi connectivity index (χ2v) is 9.82. The highest BCUT2D eigenvalue weighted by Crippen LogP contribution is 2.41. The topological polar surface area (TPSA) is 59.3 Å². The van der Waals surface area contributed by atoms with Crippen LogP contribution < -0.4 is 0 Å². The SMILES string of the molecule is O=C(O)C1CCc2c(Cc3ccc4c(c3)C(F)(F)CCS4=O)c3cc(F)ccc3n2C1. The highest BCUT2D eigenvalue weighted by molar-refractivity contribution is 7.85. The molecule has 0 aliphatic carbocycles. The van der Waals surface area contributed by atoms with Gasteiger partial charge in [-0.2, -0.15) is 0 Å². The van der Waals surface area contributed by atoms with E-state index in [0.717, 1.165) is 16.8 Å². The van der Waals surface area contributed by atoms with Crippen molar-refractivity contribution in [1.82, 2.24) is 4.57 Å². The molecule has 3 heterocycles. The molecule has 2 aliphatic rings. The molecule has 2 atom stereocenters. The molecule has 1 N–H and O–H groups in total. The standard InChI is InChI=1S/C23H20F3NO3S/c24-15-3-5-20-17(11-15)16(19-4-2-14(22(28)29)12-27(19)20)9-13-1-6-21-18(10-13)23(25,26)7-8-31(21)30/h1,3,5-6,10-11,14H,2,4,7-9,12H2,(H,28,29). The fraction of sp³-hybridized carbons (Fsp3) is 0.348. The quantitative estimate of drug-likeness (QED) is 0.637. The number of alkyl halides is 2. The average molecular weight is 447 g/mol. The molecule has 5 rings (SSSR count). The molecule has 0 saturated carbocycles. The van der Waals surface area contributed by atoms with E-state index in [9.17, 15) is 27.3 Å². The molecule has 1 aromatic heterocycles. The second kappa shape index (κ2) is 7.22. The number of carbonyl (C=O) groups is 1. The highest BCUT2D eigenvalue weighted by atomic mass is 32.2. The van der Waals surface area contributed by atoms with Gasteiger partial charge in [0.05, 0.1) is 16.7 Å². The van der Waals surface area contributed by atoms with E-state index < -0.39 is 40.8 Å². The Morgan fingerprint density at radius 3 is 2.81 bits per heavy atom. The minimum Gasteiger partial charge on any atom is -0.481 e. The first-order valence-corrected chi connectivity index (χ1v) is 11.5. The number of benzene rings is 2. The number of hydrogen-bond donors (Lipinski definition) is 1. The van der Waals surface area contributed by atoms with E-state index in [1.165, 1.54) is 24.3 Å². The zero-order valence-corrected chi connectivity index (χ0v) is 17.4. The first kappa shape index (κ1) is 20.3. The van der Waals surface area contributed by atoms with Crippen molar-refractivity contribution in [2.45, 2.75) is 43.0 Å². The van der Waals surface area contributed by atoms with E-state index >= 15 is 0 Å². The molecule has 2 aromatic carbocycles. The minimum atomic E-state index is -3.03. The maximum Gasteiger partial charge on any atom is 0.308 e. The number of rotatable bonds is 3. The Labute approximate surface area is 179 Å². The lowest BCUT2D eigenvalue weighted by atomic mass is 9.93. The Kier molecular flexibility index (Phi) is 4.73. The highest BCUT2D eigenvalue weighted by Gasteiger charge is 2.39. The third-order valence-corrected chi connectivity index (χ3v) is 7.82. The molecule has 4 nitrogen and oxygen atoms in total. The van der Waals surface area contributed by atoms with Crippen LogP contribution in [0.5, 0.6) is 0 Å². The Morgan fingerprint density at radius 1 is 1.23 bits per heavy atom. The average Bonchev–Trinajstić information content (AvgIpc) is 3.03. The summed E-state index contributed by atoms with van der Waals surface area (Å²) in [6, 6.07) is 9.05. The van der Waals surface area contributed by atoms with Crippen molar-refractivity contribution in [3.05, 3.63) is 64.6 Å². The molecule has 2 unspecified atom stereocenters. The predicted octanol–water partition coefficient (Wildman–Crippen LogP) is 4.62. The van der Waals surface area contributed by atoms with Gasteiger partial charge >= 0.3 is 5.97 Å². The van der Waals surface area contributed by atoms with Gasteiger partial charge in [0.15, 0.2) is 0 Å². The van der Waals surface area contributed by atoms with Gasteiger partial charge in [-0.1, -0.05) is 6.07 Å². The Hall–Kier alpha value is -2.61. The van der Waals surface area contributed by atoms with E-state index in [4.69, 9.17) is 0 Å². The van der Waals surface area contributed by atoms with E-state index in [0.29, 0.717) is 36.8 Å². The van der Waals surface area contributed by atoms with Crippen molar-refractivity contribution in [2.75, 3.05) is 5.75 Å². The molecule has 162 valence electrons. The molecule has 3 aromatic rings. The summed E-state index contributed by atoms with van der Waals surface area (Å²) >= 11 is 0. The molecule has 0 saturated heterocycles. The van der Waals surface area contributed by atoms with Gasteiger partial charge in [-0.05, 0) is 60.7 Å². The molecule has 0 radical (unpaired) electrons. The third-order valence-electron chi connectivity index (χ3n) is 6.40. The van der Waals surface area contributed by atoms with Crippen LogP contribution in [0, 0.1) is 11.7 Å². The van der Waals surface area contributed by atoms with E-state index in [2.05, 4.69) is 0 Å². The lowest BCUT2D eigenvalue weighted by Crippen LogP contribution is -2.26. The zero-order valence-electron chi connectivity index (χ0n) is 16.5. The first-order valence-electron chi connectivity index (χ1n) is 10.2. The van der Waals surface area contributed by atoms with Crippen LogP contribution in [-0.4, -0.2) is 25.6 Å². The summed E-state index contributed by atoms with van der Waals surface area (Å²) in [6.45, 7) is 0.300. The summed E-state index contributed by atoms with van der Waals surface area (Å²) in [4.78, 5) is 11.7. The fourth-order valence-electron chi connectivity index (χ4n) is 4.81. The van der Waals surface area contributed by atoms with Crippen LogP contribution in [0.1, 0.15) is 35.2 Å². The summed E-state index contributed by atoms with van der Waals surface area (Å²) < 4.78 is 57.1. The first-order chi connectivity index (χ1) is 14.7. The molecule has 0 fully saturated rings. The molecular formula is C23H20F3NO3S. The number of aromatic nitrogens is 1. The van der Waals surface area contributed by atoms with Crippen molar-refractivity contribution < 1.29 is 27.3 Å². The molecule has 31 heavy (non-hydrogen) atoms. The van der Waals surface area contributed by atoms with Crippen molar-refractivity contribution in [1.29, 1.82) is 0 Å². The van der Waals surface area contributed by atoms with Crippen molar-refractivity contribution in [3.63, 3.8) is 0 Å². The van der Waals surface area contributed by atoms with Crippen molar-refractivity contribution in [2.24, 2.45) is 5.92 Å². The monoisotopic (exact) mass is 447 g/mol. The lowest BCUT2D eigenvalue weighted by Gasteiger charge is -2.25. The van der Waals surface area contributed by atoms with Gasteiger partial charge < -0.3 is 9.67 Å². The maximum atomic E-state index is 14.5. The van der Waals surface area contributed by atoms with Crippen molar-refractivity contribution >= 4 is 27.7 Å². The van der Waals surface area contributed by atoms with Crippen LogP contribution in [0.4, 0.5) is 13.2 Å². The lowest BCUT2D eigenvalue weighted by molar-refractivity contribution is -0.142. The number of carboxylic acids is 1. The van der Waals surface area contributed by atoms with Crippen LogP contribution in [-0.2, 0) is 40.9 Å². The van der Waals surface area contributed by atoms with Gasteiger partial charge in [-0.25, -0.2) is 13.2 Å². The summed E-state index contributed by atoms with van der Waals surface area (Å²) in [5.41, 5.74) is 2.95. The van der Waals surface area contributed by atoms with Gasteiger partial charge in [0.25, 0.3) is 5.92 Å². The van der Waals surface area contributed by atoms with Crippen LogP contribution in [0.25, 0.3) is 10.9 Å². The maximum absolute atomic E-state index is 14.5. The van der Waals surface area contributed by atoms with E-state index in [1.807, 2.05) is 4.57 Å². The van der Waals surface area contributed by atoms with E-state index in [1.54, 1.807) is 12.1 Å². The van der Waals surface area contributed by atoms with Crippen LogP contribution in [0.2, 0.25) is 0 Å². The molecule has 0 amide bonds. The fourth-order valence-corrected chi connectivity index (χ4v) is 6.14. The van der Waals surface area contributed by atoms with Crippen molar-refractivity contribution in [3.8, 4) is 0 Å².